The van der Waals surface area contributed by atoms with E-state index in [1.165, 1.54) is 16.4 Å². The van der Waals surface area contributed by atoms with Crippen LogP contribution >= 0.6 is 0 Å². The normalized spacial score (nSPS) is 12.4. The topological polar surface area (TPSA) is 113 Å². The minimum atomic E-state index is -3.96. The number of anilines is 2. The highest BCUT2D eigenvalue weighted by Crippen LogP contribution is 2.31. The van der Waals surface area contributed by atoms with Crippen molar-refractivity contribution in [2.24, 2.45) is 0 Å². The van der Waals surface area contributed by atoms with Gasteiger partial charge in [0, 0.05) is 18.7 Å². The highest BCUT2D eigenvalue weighted by Gasteiger charge is 2.27. The van der Waals surface area contributed by atoms with Crippen LogP contribution < -0.4 is 9.62 Å². The zero-order chi connectivity index (χ0) is 20.0. The number of nitrogens with one attached hydrogen (secondary N) is 1. The molecule has 2 N–H and O–H groups in total. The van der Waals surface area contributed by atoms with Crippen molar-refractivity contribution in [1.82, 2.24) is 0 Å². The summed E-state index contributed by atoms with van der Waals surface area (Å²) in [5.41, 5.74) is 0.297. The van der Waals surface area contributed by atoms with E-state index in [0.29, 0.717) is 12.1 Å². The van der Waals surface area contributed by atoms with Gasteiger partial charge >= 0.3 is 0 Å². The molecule has 0 aliphatic rings. The Morgan fingerprint density at radius 3 is 2.37 bits per heavy atom. The molecule has 9 heteroatoms. The van der Waals surface area contributed by atoms with Crippen LogP contribution in [-0.2, 0) is 10.0 Å². The Bertz CT molecular complexity index is 883. The third-order valence-corrected chi connectivity index (χ3v) is 6.06. The molecule has 0 amide bonds. The van der Waals surface area contributed by atoms with Gasteiger partial charge in [-0.25, -0.2) is 8.42 Å². The summed E-state index contributed by atoms with van der Waals surface area (Å²) in [5.74, 6) is 0. The molecule has 2 aromatic rings. The first-order valence-electron chi connectivity index (χ1n) is 8.58. The van der Waals surface area contributed by atoms with Crippen molar-refractivity contribution in [1.29, 1.82) is 0 Å². The van der Waals surface area contributed by atoms with Crippen molar-refractivity contribution in [3.05, 3.63) is 58.6 Å². The molecule has 0 bridgehead atoms. The van der Waals surface area contributed by atoms with Crippen molar-refractivity contribution >= 4 is 27.1 Å². The minimum Gasteiger partial charge on any atom is -0.394 e. The number of aliphatic hydroxyl groups is 1. The van der Waals surface area contributed by atoms with Crippen LogP contribution in [0.15, 0.2) is 53.4 Å². The predicted octanol–water partition coefficient (Wildman–Crippen LogP) is 2.99. The third-order valence-electron chi connectivity index (χ3n) is 4.16. The lowest BCUT2D eigenvalue weighted by Gasteiger charge is -2.23. The molecule has 0 aliphatic heterocycles. The van der Waals surface area contributed by atoms with Gasteiger partial charge in [-0.15, -0.1) is 0 Å². The molecule has 0 saturated heterocycles. The summed E-state index contributed by atoms with van der Waals surface area (Å²) in [6.45, 7) is 3.52. The maximum atomic E-state index is 13.0. The van der Waals surface area contributed by atoms with E-state index < -0.39 is 14.9 Å². The first-order valence-corrected chi connectivity index (χ1v) is 10.0. The van der Waals surface area contributed by atoms with Crippen LogP contribution in [0.1, 0.15) is 20.3 Å². The van der Waals surface area contributed by atoms with Gasteiger partial charge in [0.2, 0.25) is 0 Å². The lowest BCUT2D eigenvalue weighted by molar-refractivity contribution is -0.384. The van der Waals surface area contributed by atoms with Crippen LogP contribution in [0.5, 0.6) is 0 Å². The standard InChI is InChI=1S/C18H23N3O5S/c1-3-14(13-22)19-17-11-10-16(12-18(17)21(23)24)27(25,26)20(4-2)15-8-6-5-7-9-15/h5-12,14,19,22H,3-4,13H2,1-2H3. The van der Waals surface area contributed by atoms with Crippen LogP contribution in [-0.4, -0.2) is 37.6 Å². The van der Waals surface area contributed by atoms with E-state index in [1.54, 1.807) is 37.3 Å². The van der Waals surface area contributed by atoms with Gasteiger partial charge in [-0.05, 0) is 37.6 Å². The molecule has 146 valence electrons. The van der Waals surface area contributed by atoms with Crippen molar-refractivity contribution in [3.63, 3.8) is 0 Å². The molecule has 0 heterocycles. The Morgan fingerprint density at radius 1 is 1.19 bits per heavy atom. The van der Waals surface area contributed by atoms with Crippen LogP contribution in [0.2, 0.25) is 0 Å². The number of nitro groups is 1. The number of hydrogen-bond acceptors (Lipinski definition) is 6. The van der Waals surface area contributed by atoms with Crippen LogP contribution in [0.4, 0.5) is 17.1 Å². The second-order valence-corrected chi connectivity index (χ2v) is 7.74. The van der Waals surface area contributed by atoms with Gasteiger partial charge in [0.25, 0.3) is 15.7 Å². The molecule has 0 radical (unpaired) electrons. The second kappa shape index (κ2) is 8.83. The van der Waals surface area contributed by atoms with Gasteiger partial charge in [-0.3, -0.25) is 14.4 Å². The molecule has 1 atom stereocenters. The molecule has 27 heavy (non-hydrogen) atoms. The van der Waals surface area contributed by atoms with Gasteiger partial charge in [-0.1, -0.05) is 25.1 Å². The monoisotopic (exact) mass is 393 g/mol. The van der Waals surface area contributed by atoms with Gasteiger partial charge in [0.1, 0.15) is 5.69 Å². The lowest BCUT2D eigenvalue weighted by Crippen LogP contribution is -2.30. The number of aliphatic hydroxyl groups excluding tert-OH is 1. The summed E-state index contributed by atoms with van der Waals surface area (Å²) < 4.78 is 27.3. The molecule has 1 unspecified atom stereocenters. The smallest absolute Gasteiger partial charge is 0.293 e. The summed E-state index contributed by atoms with van der Waals surface area (Å²) in [6.07, 6.45) is 0.561. The molecule has 0 spiro atoms. The SMILES string of the molecule is CCC(CO)Nc1ccc(S(=O)(=O)N(CC)c2ccccc2)cc1[N+](=O)[O-]. The highest BCUT2D eigenvalue weighted by molar-refractivity contribution is 7.92. The molecular formula is C18H23N3O5S. The molecule has 0 aromatic heterocycles. The number of sulfonamides is 1. The Hall–Kier alpha value is -2.65. The third kappa shape index (κ3) is 4.55. The van der Waals surface area contributed by atoms with Crippen molar-refractivity contribution in [3.8, 4) is 0 Å². The molecule has 8 nitrogen and oxygen atoms in total. The zero-order valence-corrected chi connectivity index (χ0v) is 16.0. The molecule has 2 aromatic carbocycles. The summed E-state index contributed by atoms with van der Waals surface area (Å²) >= 11 is 0. The Balaban J connectivity index is 2.48. The fourth-order valence-corrected chi connectivity index (χ4v) is 4.15. The summed E-state index contributed by atoms with van der Waals surface area (Å²) in [6, 6.07) is 11.9. The zero-order valence-electron chi connectivity index (χ0n) is 15.2. The minimum absolute atomic E-state index is 0.164. The van der Waals surface area contributed by atoms with E-state index in [1.807, 2.05) is 6.92 Å². The van der Waals surface area contributed by atoms with Crippen molar-refractivity contribution in [2.45, 2.75) is 31.2 Å². The summed E-state index contributed by atoms with van der Waals surface area (Å²) in [5, 5.41) is 23.6. The van der Waals surface area contributed by atoms with E-state index in [9.17, 15) is 23.6 Å². The van der Waals surface area contributed by atoms with E-state index in [2.05, 4.69) is 5.32 Å². The van der Waals surface area contributed by atoms with Crippen LogP contribution in [0.3, 0.4) is 0 Å². The molecule has 2 rings (SSSR count). The van der Waals surface area contributed by atoms with Crippen molar-refractivity contribution < 1.29 is 18.4 Å². The number of nitro benzene ring substituents is 1. The summed E-state index contributed by atoms with van der Waals surface area (Å²) in [4.78, 5) is 10.7. The number of rotatable bonds is 9. The first kappa shape index (κ1) is 20.7. The van der Waals surface area contributed by atoms with E-state index in [0.717, 1.165) is 6.07 Å². The Labute approximate surface area is 158 Å². The fourth-order valence-electron chi connectivity index (χ4n) is 2.65. The fraction of sp³-hybridized carbons (Fsp3) is 0.333. The predicted molar refractivity (Wildman–Crippen MR) is 105 cm³/mol. The second-order valence-electron chi connectivity index (χ2n) is 5.87. The lowest BCUT2D eigenvalue weighted by atomic mass is 10.2. The van der Waals surface area contributed by atoms with Gasteiger partial charge in [0.05, 0.1) is 22.1 Å². The molecule has 0 saturated carbocycles. The van der Waals surface area contributed by atoms with Crippen molar-refractivity contribution in [2.75, 3.05) is 22.8 Å². The van der Waals surface area contributed by atoms with Gasteiger partial charge < -0.3 is 10.4 Å². The van der Waals surface area contributed by atoms with Crippen LogP contribution in [0, 0.1) is 10.1 Å². The number of benzene rings is 2. The summed E-state index contributed by atoms with van der Waals surface area (Å²) in [7, 11) is -3.96. The first-order chi connectivity index (χ1) is 12.8. The van der Waals surface area contributed by atoms with Crippen LogP contribution in [0.25, 0.3) is 0 Å². The Morgan fingerprint density at radius 2 is 1.85 bits per heavy atom. The largest absolute Gasteiger partial charge is 0.394 e. The Kier molecular flexibility index (Phi) is 6.75. The molecular weight excluding hydrogens is 370 g/mol. The quantitative estimate of drug-likeness (QED) is 0.500. The molecule has 0 fully saturated rings. The van der Waals surface area contributed by atoms with Gasteiger partial charge in [0.15, 0.2) is 0 Å². The van der Waals surface area contributed by atoms with E-state index in [-0.39, 0.29) is 35.5 Å². The highest BCUT2D eigenvalue weighted by atomic mass is 32.2. The average molecular weight is 393 g/mol. The average Bonchev–Trinajstić information content (AvgIpc) is 2.67. The van der Waals surface area contributed by atoms with E-state index in [4.69, 9.17) is 0 Å². The van der Waals surface area contributed by atoms with Gasteiger partial charge in [-0.2, -0.15) is 0 Å². The number of para-hydroxylation sites is 1. The maximum absolute atomic E-state index is 13.0. The number of hydrogen-bond donors (Lipinski definition) is 2. The maximum Gasteiger partial charge on any atom is 0.293 e. The molecule has 0 aliphatic carbocycles. The van der Waals surface area contributed by atoms with E-state index >= 15 is 0 Å². The number of nitrogens with zero attached hydrogens (tertiary/aromatic N) is 2.